The molecule has 0 saturated carbocycles. The molecule has 5 aromatic heterocycles. The van der Waals surface area contributed by atoms with Crippen molar-refractivity contribution in [1.29, 1.82) is 0 Å². The molecule has 5 heterocycles. The number of nitrogens with zero attached hydrogens (tertiary/aromatic N) is 3. The van der Waals surface area contributed by atoms with Gasteiger partial charge in [0, 0.05) is 60.7 Å². The van der Waals surface area contributed by atoms with Gasteiger partial charge in [-0.25, -0.2) is 0 Å². The van der Waals surface area contributed by atoms with Gasteiger partial charge in [0.05, 0.1) is 16.7 Å². The van der Waals surface area contributed by atoms with Crippen LogP contribution >= 0.6 is 0 Å². The first-order valence-corrected chi connectivity index (χ1v) is 18.2. The second kappa shape index (κ2) is 13.2. The van der Waals surface area contributed by atoms with Crippen LogP contribution in [0.3, 0.4) is 0 Å². The number of phenolic OH excluding ortho intramolecular Hbond substituents is 1. The van der Waals surface area contributed by atoms with E-state index < -0.39 is 0 Å². The number of aromatic nitrogens is 3. The van der Waals surface area contributed by atoms with Crippen LogP contribution in [0.15, 0.2) is 167 Å². The monoisotopic (exact) mass is 903 g/mol. The predicted molar refractivity (Wildman–Crippen MR) is 220 cm³/mol. The third kappa shape index (κ3) is 5.36. The van der Waals surface area contributed by atoms with E-state index in [1.54, 1.807) is 0 Å². The van der Waals surface area contributed by atoms with Gasteiger partial charge in [-0.05, 0) is 71.5 Å². The number of fused-ring (bicyclic) bond motifs is 7. The van der Waals surface area contributed by atoms with Crippen LogP contribution in [0, 0.1) is 13.0 Å². The molecule has 0 radical (unpaired) electrons. The molecule has 0 spiro atoms. The van der Waals surface area contributed by atoms with Crippen LogP contribution < -0.4 is 0 Å². The molecular formula is C49H30N3O3Pt-. The Morgan fingerprint density at radius 3 is 2.16 bits per heavy atom. The molecule has 1 N–H and O–H groups in total. The van der Waals surface area contributed by atoms with Gasteiger partial charge in [0.15, 0.2) is 0 Å². The van der Waals surface area contributed by atoms with Crippen molar-refractivity contribution in [2.45, 2.75) is 6.92 Å². The first kappa shape index (κ1) is 33.8. The summed E-state index contributed by atoms with van der Waals surface area (Å²) >= 11 is 0. The third-order valence-corrected chi connectivity index (χ3v) is 10.5. The van der Waals surface area contributed by atoms with Gasteiger partial charge in [-0.3, -0.25) is 9.97 Å². The van der Waals surface area contributed by atoms with Gasteiger partial charge >= 0.3 is 0 Å². The van der Waals surface area contributed by atoms with E-state index in [9.17, 15) is 5.11 Å². The molecule has 0 unspecified atom stereocenters. The molecule has 11 rings (SSSR count). The Morgan fingerprint density at radius 1 is 0.589 bits per heavy atom. The van der Waals surface area contributed by atoms with Crippen molar-refractivity contribution in [3.05, 3.63) is 169 Å². The fourth-order valence-electron chi connectivity index (χ4n) is 7.92. The molecule has 11 aromatic rings. The Bertz CT molecular complexity index is 3300. The van der Waals surface area contributed by atoms with Crippen molar-refractivity contribution in [3.63, 3.8) is 0 Å². The fraction of sp³-hybridized carbons (Fsp3) is 0.0204. The zero-order valence-corrected chi connectivity index (χ0v) is 32.2. The summed E-state index contributed by atoms with van der Waals surface area (Å²) in [6.07, 6.45) is 2.05. The van der Waals surface area contributed by atoms with Crippen molar-refractivity contribution in [3.8, 4) is 61.9 Å². The second-order valence-corrected chi connectivity index (χ2v) is 13.9. The third-order valence-electron chi connectivity index (χ3n) is 10.5. The van der Waals surface area contributed by atoms with Gasteiger partial charge in [0.1, 0.15) is 28.1 Å². The minimum atomic E-state index is 0. The van der Waals surface area contributed by atoms with E-state index in [0.29, 0.717) is 44.7 Å². The number of aromatic hydroxyl groups is 1. The molecule has 7 heteroatoms. The number of aryl methyl sites for hydroxylation is 1. The number of benzene rings is 6. The van der Waals surface area contributed by atoms with Gasteiger partial charge in [-0.1, -0.05) is 120 Å². The number of rotatable bonds is 5. The Kier molecular flexibility index (Phi) is 7.98. The van der Waals surface area contributed by atoms with Crippen LogP contribution in [0.5, 0.6) is 5.75 Å². The summed E-state index contributed by atoms with van der Waals surface area (Å²) in [5.74, 6) is 0.117. The van der Waals surface area contributed by atoms with E-state index in [-0.39, 0.29) is 26.8 Å². The van der Waals surface area contributed by atoms with Crippen molar-refractivity contribution in [1.82, 2.24) is 14.4 Å². The normalized spacial score (nSPS) is 11.6. The zero-order chi connectivity index (χ0) is 36.6. The summed E-state index contributed by atoms with van der Waals surface area (Å²) in [5, 5.41) is 15.4. The molecule has 0 saturated heterocycles. The van der Waals surface area contributed by atoms with Gasteiger partial charge in [0.2, 0.25) is 0 Å². The molecular weight excluding hydrogens is 874 g/mol. The molecule has 0 amide bonds. The van der Waals surface area contributed by atoms with Crippen molar-refractivity contribution >= 4 is 49.5 Å². The summed E-state index contributed by atoms with van der Waals surface area (Å²) in [5.41, 5.74) is 12.9. The smallest absolute Gasteiger partial charge is 0.139 e. The number of para-hydroxylation sites is 2. The second-order valence-electron chi connectivity index (χ2n) is 13.9. The number of hydrogen-bond acceptors (Lipinski definition) is 5. The molecule has 0 fully saturated rings. The van der Waals surface area contributed by atoms with Crippen LogP contribution in [0.25, 0.3) is 106 Å². The topological polar surface area (TPSA) is 76.7 Å². The first-order valence-electron chi connectivity index (χ1n) is 18.2. The van der Waals surface area contributed by atoms with Crippen LogP contribution in [0.2, 0.25) is 0 Å². The van der Waals surface area contributed by atoms with Crippen LogP contribution in [0.4, 0.5) is 0 Å². The summed E-state index contributed by atoms with van der Waals surface area (Å²) in [4.78, 5) is 10.5. The predicted octanol–water partition coefficient (Wildman–Crippen LogP) is 12.7. The fourth-order valence-corrected chi connectivity index (χ4v) is 7.92. The van der Waals surface area contributed by atoms with E-state index in [2.05, 4.69) is 72.0 Å². The molecule has 6 nitrogen and oxygen atoms in total. The summed E-state index contributed by atoms with van der Waals surface area (Å²) < 4.78 is 14.9. The maximum atomic E-state index is 12.0. The average Bonchev–Trinajstić information content (AvgIpc) is 3.93. The standard InChI is InChI=1S/C49H30N3O3.Pt/c1-29-12-11-15-31(24-29)32-27-39(35-21-22-43-45(48(35)53)36-17-6-8-19-42(36)54-43)50-40(28-32)38-26-33(25-37-34-16-5-7-18-41(34)55-49(37)38)46-47(30-13-3-2-4-14-30)52-23-10-9-20-44(52)51-46;/h2-25,27-28,53H,1H3;/q-1;. The Morgan fingerprint density at radius 2 is 1.32 bits per heavy atom. The summed E-state index contributed by atoms with van der Waals surface area (Å²) in [6.45, 7) is 2.09. The Hall–Kier alpha value is -6.75. The molecule has 56 heavy (non-hydrogen) atoms. The van der Waals surface area contributed by atoms with Gasteiger partial charge in [-0.2, -0.15) is 0 Å². The molecule has 0 aliphatic rings. The van der Waals surface area contributed by atoms with Crippen LogP contribution in [-0.2, 0) is 21.1 Å². The largest absolute Gasteiger partial charge is 0.506 e. The van der Waals surface area contributed by atoms with E-state index in [1.807, 2.05) is 103 Å². The maximum absolute atomic E-state index is 12.0. The molecule has 0 bridgehead atoms. The number of pyridine rings is 2. The number of hydrogen-bond donors (Lipinski definition) is 1. The quantitative estimate of drug-likeness (QED) is 0.174. The van der Waals surface area contributed by atoms with E-state index in [1.165, 1.54) is 0 Å². The van der Waals surface area contributed by atoms with E-state index >= 15 is 0 Å². The van der Waals surface area contributed by atoms with Crippen molar-refractivity contribution in [2.75, 3.05) is 0 Å². The van der Waals surface area contributed by atoms with Gasteiger partial charge in [-0.15, -0.1) is 12.1 Å². The van der Waals surface area contributed by atoms with Crippen molar-refractivity contribution in [2.24, 2.45) is 0 Å². The van der Waals surface area contributed by atoms with Gasteiger partial charge < -0.3 is 18.3 Å². The number of phenols is 1. The Balaban J connectivity index is 0.00000384. The molecule has 6 aromatic carbocycles. The number of imidazole rings is 1. The van der Waals surface area contributed by atoms with Crippen molar-refractivity contribution < 1.29 is 35.0 Å². The molecule has 0 aliphatic heterocycles. The average molecular weight is 904 g/mol. The molecule has 270 valence electrons. The molecule has 0 atom stereocenters. The van der Waals surface area contributed by atoms with Crippen LogP contribution in [-0.4, -0.2) is 19.5 Å². The first-order chi connectivity index (χ1) is 27.1. The van der Waals surface area contributed by atoms with E-state index in [4.69, 9.17) is 18.8 Å². The minimum absolute atomic E-state index is 0. The van der Waals surface area contributed by atoms with Crippen LogP contribution in [0.1, 0.15) is 5.56 Å². The maximum Gasteiger partial charge on any atom is 0.139 e. The van der Waals surface area contributed by atoms with E-state index in [0.717, 1.165) is 66.6 Å². The SMILES string of the molecule is Cc1cccc(-c2cc(-c3ccc4oc5ccccc5c4c3O)nc(-c3[c-]c(-c4nc5ccccn5c4-c4ccccc4)cc4c3oc3ccccc34)c2)c1.[Pt]. The minimum Gasteiger partial charge on any atom is -0.506 e. The Labute approximate surface area is 335 Å². The van der Waals surface area contributed by atoms with Gasteiger partial charge in [0.25, 0.3) is 0 Å². The zero-order valence-electron chi connectivity index (χ0n) is 29.9. The number of furan rings is 2. The summed E-state index contributed by atoms with van der Waals surface area (Å²) in [7, 11) is 0. The molecule has 0 aliphatic carbocycles. The summed E-state index contributed by atoms with van der Waals surface area (Å²) in [6, 6.07) is 54.5.